The molecule has 24 heavy (non-hydrogen) atoms. The Balaban J connectivity index is 0.00000139. The molecule has 6 heteroatoms. The van der Waals surface area contributed by atoms with Crippen molar-refractivity contribution >= 4 is 17.3 Å². The van der Waals surface area contributed by atoms with Gasteiger partial charge in [0.05, 0.1) is 35.7 Å². The van der Waals surface area contributed by atoms with Gasteiger partial charge in [0.15, 0.2) is 0 Å². The molecule has 0 spiro atoms. The van der Waals surface area contributed by atoms with E-state index in [1.807, 2.05) is 19.9 Å². The van der Waals surface area contributed by atoms with Crippen molar-refractivity contribution in [3.05, 3.63) is 58.9 Å². The van der Waals surface area contributed by atoms with Gasteiger partial charge in [-0.15, -0.1) is 0 Å². The molecule has 2 aromatic carbocycles. The van der Waals surface area contributed by atoms with Crippen molar-refractivity contribution in [1.82, 2.24) is 5.48 Å². The van der Waals surface area contributed by atoms with Gasteiger partial charge in [-0.3, -0.25) is 9.63 Å². The van der Waals surface area contributed by atoms with Crippen LogP contribution in [0.5, 0.6) is 0 Å². The molecule has 2 N–H and O–H groups in total. The van der Waals surface area contributed by atoms with Crippen molar-refractivity contribution in [3.63, 3.8) is 0 Å². The second-order valence-corrected chi connectivity index (χ2v) is 4.62. The molecule has 0 heterocycles. The predicted molar refractivity (Wildman–Crippen MR) is 91.4 cm³/mol. The zero-order valence-corrected chi connectivity index (χ0v) is 14.1. The van der Waals surface area contributed by atoms with Gasteiger partial charge in [-0.1, -0.05) is 19.9 Å². The Labute approximate surface area is 141 Å². The van der Waals surface area contributed by atoms with E-state index in [9.17, 15) is 9.18 Å². The van der Waals surface area contributed by atoms with Gasteiger partial charge >= 0.3 is 0 Å². The average Bonchev–Trinajstić information content (AvgIpc) is 2.59. The fourth-order valence-corrected chi connectivity index (χ4v) is 1.93. The molecule has 0 atom stereocenters. The van der Waals surface area contributed by atoms with Gasteiger partial charge in [0, 0.05) is 0 Å². The van der Waals surface area contributed by atoms with Gasteiger partial charge in [-0.2, -0.15) is 5.26 Å². The van der Waals surface area contributed by atoms with Crippen molar-refractivity contribution in [1.29, 1.82) is 5.26 Å². The summed E-state index contributed by atoms with van der Waals surface area (Å²) in [6.45, 7) is 5.78. The minimum absolute atomic E-state index is 0.215. The lowest BCUT2D eigenvalue weighted by Gasteiger charge is -2.13. The summed E-state index contributed by atoms with van der Waals surface area (Å²) in [5, 5.41) is 11.8. The van der Waals surface area contributed by atoms with E-state index >= 15 is 0 Å². The molecule has 0 saturated carbocycles. The highest BCUT2D eigenvalue weighted by Crippen LogP contribution is 2.25. The zero-order valence-electron chi connectivity index (χ0n) is 14.1. The molecule has 0 aliphatic rings. The first kappa shape index (κ1) is 19.1. The molecule has 0 bridgehead atoms. The number of hydrogen-bond donors (Lipinski definition) is 2. The third kappa shape index (κ3) is 4.80. The smallest absolute Gasteiger partial charge is 0.276 e. The number of nitrogens with zero attached hydrogens (tertiary/aromatic N) is 1. The van der Waals surface area contributed by atoms with E-state index in [1.54, 1.807) is 19.1 Å². The molecule has 5 nitrogen and oxygen atoms in total. The Bertz CT molecular complexity index is 754. The van der Waals surface area contributed by atoms with Gasteiger partial charge in [0.25, 0.3) is 5.91 Å². The summed E-state index contributed by atoms with van der Waals surface area (Å²) >= 11 is 0. The van der Waals surface area contributed by atoms with Gasteiger partial charge in [0.2, 0.25) is 0 Å². The number of carbonyl (C=O) groups is 1. The lowest BCUT2D eigenvalue weighted by Crippen LogP contribution is -2.22. The van der Waals surface area contributed by atoms with E-state index in [1.165, 1.54) is 31.4 Å². The molecule has 126 valence electrons. The van der Waals surface area contributed by atoms with Crippen LogP contribution in [0.15, 0.2) is 36.4 Å². The number of aryl methyl sites for hydroxylation is 1. The second-order valence-electron chi connectivity index (χ2n) is 4.62. The van der Waals surface area contributed by atoms with Crippen molar-refractivity contribution in [2.45, 2.75) is 20.8 Å². The highest BCUT2D eigenvalue weighted by atomic mass is 19.1. The SMILES string of the molecule is CC.CONC(=O)c1ccc(C#N)cc1Nc1ccc(C)cc1F. The molecule has 2 aromatic rings. The first-order valence-corrected chi connectivity index (χ1v) is 7.46. The van der Waals surface area contributed by atoms with Gasteiger partial charge in [-0.25, -0.2) is 9.87 Å². The summed E-state index contributed by atoms with van der Waals surface area (Å²) in [4.78, 5) is 16.5. The number of benzene rings is 2. The number of carbonyl (C=O) groups excluding carboxylic acids is 1. The maximum absolute atomic E-state index is 13.9. The normalized spacial score (nSPS) is 9.33. The van der Waals surface area contributed by atoms with Crippen LogP contribution >= 0.6 is 0 Å². The maximum Gasteiger partial charge on any atom is 0.276 e. The largest absolute Gasteiger partial charge is 0.352 e. The number of amides is 1. The molecule has 2 rings (SSSR count). The van der Waals surface area contributed by atoms with Crippen LogP contribution in [0.1, 0.15) is 35.3 Å². The summed E-state index contributed by atoms with van der Waals surface area (Å²) < 4.78 is 13.9. The third-order valence-corrected chi connectivity index (χ3v) is 2.98. The molecule has 0 aliphatic carbocycles. The van der Waals surface area contributed by atoms with E-state index in [0.717, 1.165) is 5.56 Å². The Morgan fingerprint density at radius 1 is 1.17 bits per heavy atom. The summed E-state index contributed by atoms with van der Waals surface area (Å²) in [5.41, 5.74) is 4.10. The molecule has 0 aliphatic heterocycles. The second kappa shape index (κ2) is 9.28. The fraction of sp³-hybridized carbons (Fsp3) is 0.222. The molecule has 0 unspecified atom stereocenters. The molecular weight excluding hydrogens is 309 g/mol. The average molecular weight is 329 g/mol. The minimum atomic E-state index is -0.498. The van der Waals surface area contributed by atoms with Crippen LogP contribution in [0.25, 0.3) is 0 Å². The van der Waals surface area contributed by atoms with Gasteiger partial charge in [0.1, 0.15) is 5.82 Å². The van der Waals surface area contributed by atoms with Gasteiger partial charge < -0.3 is 5.32 Å². The van der Waals surface area contributed by atoms with E-state index in [0.29, 0.717) is 11.3 Å². The van der Waals surface area contributed by atoms with Crippen molar-refractivity contribution in [2.75, 3.05) is 12.4 Å². The molecule has 1 amide bonds. The van der Waals surface area contributed by atoms with Crippen molar-refractivity contribution in [2.24, 2.45) is 0 Å². The lowest BCUT2D eigenvalue weighted by atomic mass is 10.1. The van der Waals surface area contributed by atoms with E-state index < -0.39 is 11.7 Å². The van der Waals surface area contributed by atoms with Gasteiger partial charge in [-0.05, 0) is 42.8 Å². The van der Waals surface area contributed by atoms with Crippen LogP contribution in [0.3, 0.4) is 0 Å². The third-order valence-electron chi connectivity index (χ3n) is 2.98. The van der Waals surface area contributed by atoms with Crippen LogP contribution in [-0.4, -0.2) is 13.0 Å². The van der Waals surface area contributed by atoms with E-state index in [-0.39, 0.29) is 11.3 Å². The molecule has 0 saturated heterocycles. The van der Waals surface area contributed by atoms with Crippen LogP contribution in [0.4, 0.5) is 15.8 Å². The monoisotopic (exact) mass is 329 g/mol. The number of rotatable bonds is 4. The zero-order chi connectivity index (χ0) is 18.1. The summed E-state index contributed by atoms with van der Waals surface area (Å²) in [6.07, 6.45) is 0. The number of anilines is 2. The molecule has 0 aromatic heterocycles. The Morgan fingerprint density at radius 2 is 1.88 bits per heavy atom. The number of nitrogens with one attached hydrogen (secondary N) is 2. The number of hydroxylamine groups is 1. The van der Waals surface area contributed by atoms with E-state index in [4.69, 9.17) is 5.26 Å². The summed E-state index contributed by atoms with van der Waals surface area (Å²) in [6, 6.07) is 11.1. The first-order chi connectivity index (χ1) is 11.5. The van der Waals surface area contributed by atoms with Crippen LogP contribution in [-0.2, 0) is 4.84 Å². The van der Waals surface area contributed by atoms with Crippen molar-refractivity contribution in [3.8, 4) is 6.07 Å². The highest BCUT2D eigenvalue weighted by Gasteiger charge is 2.14. The minimum Gasteiger partial charge on any atom is -0.352 e. The maximum atomic E-state index is 13.9. The Kier molecular flexibility index (Phi) is 7.40. The van der Waals surface area contributed by atoms with Crippen LogP contribution in [0.2, 0.25) is 0 Å². The Morgan fingerprint density at radius 3 is 2.46 bits per heavy atom. The highest BCUT2D eigenvalue weighted by molar-refractivity contribution is 6.00. The standard InChI is InChI=1S/C16H14FN3O2.C2H6/c1-10-3-6-14(13(17)7-10)19-15-8-11(9-18)4-5-12(15)16(21)20-22-2;1-2/h3-8,19H,1-2H3,(H,20,21);1-2H3. The topological polar surface area (TPSA) is 74.1 Å². The van der Waals surface area contributed by atoms with Crippen LogP contribution < -0.4 is 10.8 Å². The fourth-order valence-electron chi connectivity index (χ4n) is 1.93. The summed E-state index contributed by atoms with van der Waals surface area (Å²) in [5.74, 6) is -0.942. The summed E-state index contributed by atoms with van der Waals surface area (Å²) in [7, 11) is 1.31. The number of nitriles is 1. The quantitative estimate of drug-likeness (QED) is 0.829. The number of halogens is 1. The first-order valence-electron chi connectivity index (χ1n) is 7.46. The van der Waals surface area contributed by atoms with E-state index in [2.05, 4.69) is 15.6 Å². The Hall–Kier alpha value is -2.91. The van der Waals surface area contributed by atoms with Crippen LogP contribution in [0, 0.1) is 24.1 Å². The lowest BCUT2D eigenvalue weighted by molar-refractivity contribution is 0.0538. The predicted octanol–water partition coefficient (Wildman–Crippen LogP) is 4.07. The molecule has 0 fully saturated rings. The molecule has 0 radical (unpaired) electrons. The molecular formula is C18H20FN3O2. The van der Waals surface area contributed by atoms with Crippen molar-refractivity contribution < 1.29 is 14.0 Å². The number of hydrogen-bond acceptors (Lipinski definition) is 4.